The Morgan fingerprint density at radius 2 is 2.22 bits per heavy atom. The molecule has 1 aliphatic rings. The molecule has 4 nitrogen and oxygen atoms in total. The number of nitrogens with zero attached hydrogens (tertiary/aromatic N) is 2. The molecule has 1 aromatic rings. The van der Waals surface area contributed by atoms with Gasteiger partial charge in [-0.15, -0.1) is 0 Å². The summed E-state index contributed by atoms with van der Waals surface area (Å²) in [6.07, 6.45) is 4.57. The molecule has 0 aliphatic heterocycles. The number of nitrogens with two attached hydrogens (primary N) is 1. The molecule has 1 heterocycles. The summed E-state index contributed by atoms with van der Waals surface area (Å²) in [6, 6.07) is 2.26. The van der Waals surface area contributed by atoms with Gasteiger partial charge in [0.2, 0.25) is 0 Å². The van der Waals surface area contributed by atoms with Crippen molar-refractivity contribution in [1.82, 2.24) is 9.78 Å². The first kappa shape index (κ1) is 13.6. The number of methoxy groups -OCH3 is 1. The Morgan fingerprint density at radius 3 is 2.72 bits per heavy atom. The van der Waals surface area contributed by atoms with Gasteiger partial charge in [0.1, 0.15) is 0 Å². The normalized spacial score (nSPS) is 18.9. The molecule has 1 fully saturated rings. The van der Waals surface area contributed by atoms with Gasteiger partial charge in [-0.1, -0.05) is 6.92 Å². The van der Waals surface area contributed by atoms with E-state index in [9.17, 15) is 0 Å². The molecular weight excluding hydrogens is 226 g/mol. The number of rotatable bonds is 7. The van der Waals surface area contributed by atoms with Gasteiger partial charge in [0.05, 0.1) is 11.8 Å². The topological polar surface area (TPSA) is 53.1 Å². The zero-order valence-corrected chi connectivity index (χ0v) is 11.7. The van der Waals surface area contributed by atoms with E-state index in [1.165, 1.54) is 18.5 Å². The molecule has 2 N–H and O–H groups in total. The summed E-state index contributed by atoms with van der Waals surface area (Å²) in [5.74, 6) is 0.675. The Kier molecular flexibility index (Phi) is 4.40. The minimum atomic E-state index is 0.0780. The van der Waals surface area contributed by atoms with E-state index < -0.39 is 0 Å². The Morgan fingerprint density at radius 1 is 1.50 bits per heavy atom. The van der Waals surface area contributed by atoms with Crippen molar-refractivity contribution < 1.29 is 4.74 Å². The van der Waals surface area contributed by atoms with E-state index >= 15 is 0 Å². The van der Waals surface area contributed by atoms with Crippen molar-refractivity contribution in [3.05, 3.63) is 17.5 Å². The van der Waals surface area contributed by atoms with E-state index in [0.717, 1.165) is 25.1 Å². The van der Waals surface area contributed by atoms with Gasteiger partial charge in [-0.3, -0.25) is 4.68 Å². The quantitative estimate of drug-likeness (QED) is 0.803. The van der Waals surface area contributed by atoms with Gasteiger partial charge in [-0.05, 0) is 38.2 Å². The van der Waals surface area contributed by atoms with Crippen molar-refractivity contribution in [2.45, 2.75) is 58.2 Å². The predicted octanol–water partition coefficient (Wildman–Crippen LogP) is 1.76. The second kappa shape index (κ2) is 5.85. The van der Waals surface area contributed by atoms with Gasteiger partial charge < -0.3 is 10.5 Å². The van der Waals surface area contributed by atoms with Crippen LogP contribution >= 0.6 is 0 Å². The fourth-order valence-electron chi connectivity index (χ4n) is 2.63. The lowest BCUT2D eigenvalue weighted by molar-refractivity contribution is 0.0621. The molecule has 1 saturated carbocycles. The highest BCUT2D eigenvalue weighted by Gasteiger charge is 2.35. The van der Waals surface area contributed by atoms with Crippen LogP contribution in [0.2, 0.25) is 0 Å². The van der Waals surface area contributed by atoms with Crippen LogP contribution in [0.25, 0.3) is 0 Å². The number of hydrogen-bond donors (Lipinski definition) is 1. The Bertz CT molecular complexity index is 384. The molecule has 18 heavy (non-hydrogen) atoms. The molecule has 0 amide bonds. The molecule has 2 atom stereocenters. The smallest absolute Gasteiger partial charge is 0.0754 e. The minimum absolute atomic E-state index is 0.0780. The first-order valence-electron chi connectivity index (χ1n) is 7.03. The monoisotopic (exact) mass is 251 g/mol. The maximum absolute atomic E-state index is 6.31. The van der Waals surface area contributed by atoms with Gasteiger partial charge in [0.15, 0.2) is 0 Å². The minimum Gasteiger partial charge on any atom is -0.380 e. The van der Waals surface area contributed by atoms with E-state index in [4.69, 9.17) is 10.5 Å². The van der Waals surface area contributed by atoms with E-state index in [2.05, 4.69) is 29.7 Å². The summed E-state index contributed by atoms with van der Waals surface area (Å²) >= 11 is 0. The van der Waals surface area contributed by atoms with Gasteiger partial charge in [0, 0.05) is 31.8 Å². The summed E-state index contributed by atoms with van der Waals surface area (Å²) in [4.78, 5) is 0. The lowest BCUT2D eigenvalue weighted by Gasteiger charge is -2.22. The maximum Gasteiger partial charge on any atom is 0.0754 e. The SMILES string of the molecule is CCc1cc(CC(N)C(OC)C2CC2)n(CC)n1. The third-order valence-corrected chi connectivity index (χ3v) is 3.80. The third-order valence-electron chi connectivity index (χ3n) is 3.80. The van der Waals surface area contributed by atoms with Crippen LogP contribution in [0.15, 0.2) is 6.07 Å². The van der Waals surface area contributed by atoms with Crippen molar-refractivity contribution in [2.24, 2.45) is 11.7 Å². The lowest BCUT2D eigenvalue weighted by Crippen LogP contribution is -2.40. The van der Waals surface area contributed by atoms with Crippen LogP contribution in [-0.2, 0) is 24.1 Å². The third kappa shape index (κ3) is 2.93. The molecule has 0 radical (unpaired) electrons. The van der Waals surface area contributed by atoms with E-state index in [-0.39, 0.29) is 12.1 Å². The number of aromatic nitrogens is 2. The zero-order valence-electron chi connectivity index (χ0n) is 11.7. The highest BCUT2D eigenvalue weighted by molar-refractivity contribution is 5.12. The van der Waals surface area contributed by atoms with Crippen LogP contribution in [0.5, 0.6) is 0 Å². The van der Waals surface area contributed by atoms with Crippen LogP contribution in [0.1, 0.15) is 38.1 Å². The summed E-state index contributed by atoms with van der Waals surface area (Å²) in [5, 5.41) is 4.57. The van der Waals surface area contributed by atoms with E-state index in [0.29, 0.717) is 5.92 Å². The van der Waals surface area contributed by atoms with Crippen LogP contribution < -0.4 is 5.73 Å². The first-order valence-corrected chi connectivity index (χ1v) is 7.03. The van der Waals surface area contributed by atoms with Crippen molar-refractivity contribution >= 4 is 0 Å². The van der Waals surface area contributed by atoms with Gasteiger partial charge in [0.25, 0.3) is 0 Å². The van der Waals surface area contributed by atoms with Crippen molar-refractivity contribution in [1.29, 1.82) is 0 Å². The predicted molar refractivity (Wildman–Crippen MR) is 72.5 cm³/mol. The average molecular weight is 251 g/mol. The average Bonchev–Trinajstić information content (AvgIpc) is 3.11. The Labute approximate surface area is 110 Å². The number of aryl methyl sites for hydroxylation is 2. The molecule has 1 aliphatic carbocycles. The van der Waals surface area contributed by atoms with Gasteiger partial charge >= 0.3 is 0 Å². The lowest BCUT2D eigenvalue weighted by atomic mass is 10.0. The highest BCUT2D eigenvalue weighted by atomic mass is 16.5. The van der Waals surface area contributed by atoms with E-state index in [1.807, 2.05) is 0 Å². The largest absolute Gasteiger partial charge is 0.380 e. The molecule has 2 unspecified atom stereocenters. The van der Waals surface area contributed by atoms with Crippen LogP contribution in [-0.4, -0.2) is 29.0 Å². The van der Waals surface area contributed by atoms with Crippen molar-refractivity contribution in [3.8, 4) is 0 Å². The first-order chi connectivity index (χ1) is 8.69. The van der Waals surface area contributed by atoms with E-state index in [1.54, 1.807) is 7.11 Å². The molecule has 4 heteroatoms. The summed E-state index contributed by atoms with van der Waals surface area (Å²) in [6.45, 7) is 5.16. The Hall–Kier alpha value is -0.870. The van der Waals surface area contributed by atoms with Crippen LogP contribution in [0, 0.1) is 5.92 Å². The molecule has 0 saturated heterocycles. The fourth-order valence-corrected chi connectivity index (χ4v) is 2.63. The van der Waals surface area contributed by atoms with Crippen molar-refractivity contribution in [2.75, 3.05) is 7.11 Å². The highest BCUT2D eigenvalue weighted by Crippen LogP contribution is 2.35. The summed E-state index contributed by atoms with van der Waals surface area (Å²) in [5.41, 5.74) is 8.70. The second-order valence-corrected chi connectivity index (χ2v) is 5.20. The molecule has 0 aromatic carbocycles. The van der Waals surface area contributed by atoms with Gasteiger partial charge in [-0.25, -0.2) is 0 Å². The van der Waals surface area contributed by atoms with Crippen LogP contribution in [0.3, 0.4) is 0 Å². The zero-order chi connectivity index (χ0) is 13.1. The summed E-state index contributed by atoms with van der Waals surface area (Å²) in [7, 11) is 1.78. The standard InChI is InChI=1S/C14H25N3O/c1-4-11-8-12(17(5-2)16-11)9-13(15)14(18-3)10-6-7-10/h8,10,13-14H,4-7,9,15H2,1-3H3. The Balaban J connectivity index is 2.04. The molecule has 0 bridgehead atoms. The van der Waals surface area contributed by atoms with Crippen LogP contribution in [0.4, 0.5) is 0 Å². The second-order valence-electron chi connectivity index (χ2n) is 5.20. The fraction of sp³-hybridized carbons (Fsp3) is 0.786. The number of ether oxygens (including phenoxy) is 1. The van der Waals surface area contributed by atoms with Gasteiger partial charge in [-0.2, -0.15) is 5.10 Å². The molecule has 0 spiro atoms. The summed E-state index contributed by atoms with van der Waals surface area (Å²) < 4.78 is 7.63. The molecule has 1 aromatic heterocycles. The van der Waals surface area contributed by atoms with Crippen molar-refractivity contribution in [3.63, 3.8) is 0 Å². The number of hydrogen-bond acceptors (Lipinski definition) is 3. The molecular formula is C14H25N3O. The maximum atomic E-state index is 6.31. The molecule has 102 valence electrons. The molecule has 2 rings (SSSR count).